The van der Waals surface area contributed by atoms with Gasteiger partial charge in [0.25, 0.3) is 0 Å². The Kier molecular flexibility index (Phi) is 5.19. The number of carbonyl (C=O) groups is 1. The maximum absolute atomic E-state index is 11.9. The third-order valence-corrected chi connectivity index (χ3v) is 3.31. The standard InChI is InChI=1S/C11H20N2O3.ClH/c1-11(4-5-15-7-11)13-10(14)9-3-2-8(6-12)16-9;/h8-9H,2-7,12H2,1H3,(H,13,14);1H/t8-,9+,11?;/m1./s1. The number of carbonyl (C=O) groups excluding carboxylic acids is 1. The van der Waals surface area contributed by atoms with Crippen LogP contribution in [0.25, 0.3) is 0 Å². The molecule has 17 heavy (non-hydrogen) atoms. The van der Waals surface area contributed by atoms with Crippen molar-refractivity contribution in [3.8, 4) is 0 Å². The Labute approximate surface area is 108 Å². The summed E-state index contributed by atoms with van der Waals surface area (Å²) in [4.78, 5) is 11.9. The predicted molar refractivity (Wildman–Crippen MR) is 66.2 cm³/mol. The second kappa shape index (κ2) is 6.00. The van der Waals surface area contributed by atoms with Gasteiger partial charge in [-0.3, -0.25) is 4.79 Å². The fraction of sp³-hybridized carbons (Fsp3) is 0.909. The molecule has 100 valence electrons. The number of hydrogen-bond acceptors (Lipinski definition) is 4. The molecule has 0 saturated carbocycles. The zero-order chi connectivity index (χ0) is 11.6. The molecule has 0 aromatic heterocycles. The molecule has 5 nitrogen and oxygen atoms in total. The van der Waals surface area contributed by atoms with Crippen LogP contribution in [-0.2, 0) is 14.3 Å². The van der Waals surface area contributed by atoms with E-state index in [1.54, 1.807) is 0 Å². The van der Waals surface area contributed by atoms with E-state index in [9.17, 15) is 4.79 Å². The molecule has 2 rings (SSSR count). The highest BCUT2D eigenvalue weighted by atomic mass is 35.5. The average molecular weight is 265 g/mol. The Morgan fingerprint density at radius 3 is 2.82 bits per heavy atom. The van der Waals surface area contributed by atoms with Crippen LogP contribution in [0.5, 0.6) is 0 Å². The summed E-state index contributed by atoms with van der Waals surface area (Å²) in [5, 5.41) is 3.01. The Bertz CT molecular complexity index is 269. The smallest absolute Gasteiger partial charge is 0.249 e. The lowest BCUT2D eigenvalue weighted by atomic mass is 10.0. The molecule has 3 atom stereocenters. The van der Waals surface area contributed by atoms with E-state index in [1.807, 2.05) is 6.92 Å². The van der Waals surface area contributed by atoms with Crippen molar-refractivity contribution in [3.63, 3.8) is 0 Å². The summed E-state index contributed by atoms with van der Waals surface area (Å²) in [5.74, 6) is -0.0241. The maximum atomic E-state index is 11.9. The molecule has 0 aromatic carbocycles. The zero-order valence-corrected chi connectivity index (χ0v) is 10.9. The predicted octanol–water partition coefficient (Wildman–Crippen LogP) is 0.210. The fourth-order valence-corrected chi connectivity index (χ4v) is 2.22. The number of ether oxygens (including phenoxy) is 2. The first kappa shape index (κ1) is 14.7. The van der Waals surface area contributed by atoms with Crippen molar-refractivity contribution in [1.29, 1.82) is 0 Å². The molecule has 6 heteroatoms. The average Bonchev–Trinajstić information content (AvgIpc) is 2.86. The van der Waals surface area contributed by atoms with Gasteiger partial charge >= 0.3 is 0 Å². The number of hydrogen-bond donors (Lipinski definition) is 2. The summed E-state index contributed by atoms with van der Waals surface area (Å²) >= 11 is 0. The van der Waals surface area contributed by atoms with Crippen molar-refractivity contribution in [1.82, 2.24) is 5.32 Å². The van der Waals surface area contributed by atoms with Crippen LogP contribution >= 0.6 is 12.4 Å². The molecule has 0 radical (unpaired) electrons. The number of rotatable bonds is 3. The Hall–Kier alpha value is -0.360. The van der Waals surface area contributed by atoms with Crippen molar-refractivity contribution in [2.45, 2.75) is 43.9 Å². The second-order valence-electron chi connectivity index (χ2n) is 4.91. The first-order chi connectivity index (χ1) is 7.63. The molecule has 0 aliphatic carbocycles. The number of nitrogens with two attached hydrogens (primary N) is 1. The van der Waals surface area contributed by atoms with Gasteiger partial charge in [0.1, 0.15) is 6.10 Å². The molecular weight excluding hydrogens is 244 g/mol. The van der Waals surface area contributed by atoms with Crippen molar-refractivity contribution in [3.05, 3.63) is 0 Å². The highest BCUT2D eigenvalue weighted by Crippen LogP contribution is 2.22. The second-order valence-corrected chi connectivity index (χ2v) is 4.91. The Balaban J connectivity index is 0.00000144. The highest BCUT2D eigenvalue weighted by molar-refractivity contribution is 5.85. The van der Waals surface area contributed by atoms with E-state index in [2.05, 4.69) is 5.32 Å². The Morgan fingerprint density at radius 1 is 1.53 bits per heavy atom. The van der Waals surface area contributed by atoms with Gasteiger partial charge in [-0.1, -0.05) is 0 Å². The molecule has 2 heterocycles. The minimum Gasteiger partial charge on any atom is -0.379 e. The minimum atomic E-state index is -0.328. The Morgan fingerprint density at radius 2 is 2.29 bits per heavy atom. The summed E-state index contributed by atoms with van der Waals surface area (Å²) in [6.07, 6.45) is 2.23. The van der Waals surface area contributed by atoms with Gasteiger partial charge in [0.15, 0.2) is 0 Å². The SMILES string of the molecule is CC1(NC(=O)[C@@H]2CC[C@H](CN)O2)CCOC1.Cl. The summed E-state index contributed by atoms with van der Waals surface area (Å²) in [7, 11) is 0. The molecule has 1 unspecified atom stereocenters. The van der Waals surface area contributed by atoms with Gasteiger partial charge in [-0.05, 0) is 26.2 Å². The number of amides is 1. The molecule has 2 aliphatic rings. The quantitative estimate of drug-likeness (QED) is 0.764. The number of nitrogens with one attached hydrogen (secondary N) is 1. The largest absolute Gasteiger partial charge is 0.379 e. The first-order valence-corrected chi connectivity index (χ1v) is 5.88. The molecule has 2 saturated heterocycles. The minimum absolute atomic E-state index is 0. The molecule has 0 aromatic rings. The maximum Gasteiger partial charge on any atom is 0.249 e. The van der Waals surface area contributed by atoms with Crippen LogP contribution in [0.2, 0.25) is 0 Å². The summed E-state index contributed by atoms with van der Waals surface area (Å²) in [6.45, 7) is 3.80. The third kappa shape index (κ3) is 3.55. The van der Waals surface area contributed by atoms with Crippen molar-refractivity contribution in [2.24, 2.45) is 5.73 Å². The van der Waals surface area contributed by atoms with E-state index < -0.39 is 0 Å². The van der Waals surface area contributed by atoms with Crippen LogP contribution in [-0.4, -0.2) is 43.4 Å². The van der Waals surface area contributed by atoms with Gasteiger partial charge in [-0.2, -0.15) is 0 Å². The molecule has 0 spiro atoms. The van der Waals surface area contributed by atoms with E-state index in [0.717, 1.165) is 19.3 Å². The van der Waals surface area contributed by atoms with E-state index in [-0.39, 0.29) is 36.1 Å². The lowest BCUT2D eigenvalue weighted by molar-refractivity contribution is -0.133. The van der Waals surface area contributed by atoms with Crippen molar-refractivity contribution >= 4 is 18.3 Å². The monoisotopic (exact) mass is 264 g/mol. The first-order valence-electron chi connectivity index (χ1n) is 5.88. The van der Waals surface area contributed by atoms with Gasteiger partial charge in [0.05, 0.1) is 18.2 Å². The van der Waals surface area contributed by atoms with Crippen LogP contribution in [0, 0.1) is 0 Å². The van der Waals surface area contributed by atoms with E-state index in [0.29, 0.717) is 19.8 Å². The normalized spacial score (nSPS) is 36.6. The van der Waals surface area contributed by atoms with Gasteiger partial charge in [0, 0.05) is 13.2 Å². The van der Waals surface area contributed by atoms with Gasteiger partial charge in [-0.15, -0.1) is 12.4 Å². The van der Waals surface area contributed by atoms with E-state index >= 15 is 0 Å². The van der Waals surface area contributed by atoms with Crippen LogP contribution in [0.3, 0.4) is 0 Å². The van der Waals surface area contributed by atoms with Crippen LogP contribution in [0.1, 0.15) is 26.2 Å². The van der Waals surface area contributed by atoms with Crippen LogP contribution in [0.15, 0.2) is 0 Å². The van der Waals surface area contributed by atoms with E-state index in [1.165, 1.54) is 0 Å². The van der Waals surface area contributed by atoms with Crippen LogP contribution < -0.4 is 11.1 Å². The van der Waals surface area contributed by atoms with Crippen molar-refractivity contribution < 1.29 is 14.3 Å². The molecule has 3 N–H and O–H groups in total. The van der Waals surface area contributed by atoms with Gasteiger partial charge < -0.3 is 20.5 Å². The summed E-state index contributed by atoms with van der Waals surface area (Å²) < 4.78 is 10.8. The molecule has 2 aliphatic heterocycles. The van der Waals surface area contributed by atoms with Gasteiger partial charge in [-0.25, -0.2) is 0 Å². The zero-order valence-electron chi connectivity index (χ0n) is 10.1. The fourth-order valence-electron chi connectivity index (χ4n) is 2.22. The summed E-state index contributed by atoms with van der Waals surface area (Å²) in [6, 6.07) is 0. The lowest BCUT2D eigenvalue weighted by Gasteiger charge is -2.25. The van der Waals surface area contributed by atoms with Crippen LogP contribution in [0.4, 0.5) is 0 Å². The summed E-state index contributed by atoms with van der Waals surface area (Å²) in [5.41, 5.74) is 5.29. The molecule has 1 amide bonds. The van der Waals surface area contributed by atoms with E-state index in [4.69, 9.17) is 15.2 Å². The highest BCUT2D eigenvalue weighted by Gasteiger charge is 2.36. The van der Waals surface area contributed by atoms with Crippen molar-refractivity contribution in [2.75, 3.05) is 19.8 Å². The topological polar surface area (TPSA) is 73.6 Å². The van der Waals surface area contributed by atoms with Gasteiger partial charge in [0.2, 0.25) is 5.91 Å². The molecular formula is C11H21ClN2O3. The third-order valence-electron chi connectivity index (χ3n) is 3.31. The molecule has 0 bridgehead atoms. The number of halogens is 1. The lowest BCUT2D eigenvalue weighted by Crippen LogP contribution is -2.50. The molecule has 2 fully saturated rings.